The molecule has 2 aliphatic heterocycles. The second-order valence-corrected chi connectivity index (χ2v) is 8.35. The molecule has 1 unspecified atom stereocenters. The zero-order chi connectivity index (χ0) is 17.0. The first-order valence-corrected chi connectivity index (χ1v) is 9.06. The van der Waals surface area contributed by atoms with Gasteiger partial charge in [0.25, 0.3) is 0 Å². The van der Waals surface area contributed by atoms with Gasteiger partial charge in [0.2, 0.25) is 5.91 Å². The molecule has 2 aliphatic rings. The van der Waals surface area contributed by atoms with Crippen molar-refractivity contribution in [3.8, 4) is 0 Å². The number of carbonyl (C=O) groups excluding carboxylic acids is 2. The summed E-state index contributed by atoms with van der Waals surface area (Å²) in [7, 11) is -3.29. The Morgan fingerprint density at radius 3 is 2.35 bits per heavy atom. The molecule has 1 aromatic rings. The molecule has 1 amide bonds. The highest BCUT2D eigenvalue weighted by Gasteiger charge is 2.47. The summed E-state index contributed by atoms with van der Waals surface area (Å²) in [5, 5.41) is 2.73. The van der Waals surface area contributed by atoms with E-state index in [2.05, 4.69) is 5.32 Å². The lowest BCUT2D eigenvalue weighted by Gasteiger charge is -2.27. The fraction of sp³-hybridized carbons (Fsp3) is 0.375. The zero-order valence-electron chi connectivity index (χ0n) is 13.0. The minimum Gasteiger partial charge on any atom is -0.450 e. The number of benzene rings is 1. The first-order valence-electron chi connectivity index (χ1n) is 7.17. The Morgan fingerprint density at radius 1 is 1.17 bits per heavy atom. The van der Waals surface area contributed by atoms with Crippen molar-refractivity contribution in [1.29, 1.82) is 0 Å². The molecular formula is C16H17NO5S. The van der Waals surface area contributed by atoms with E-state index in [0.29, 0.717) is 11.3 Å². The molecule has 0 saturated carbocycles. The summed E-state index contributed by atoms with van der Waals surface area (Å²) in [6.07, 6.45) is 1.26. The summed E-state index contributed by atoms with van der Waals surface area (Å²) in [4.78, 5) is 24.4. The van der Waals surface area contributed by atoms with E-state index in [1.165, 1.54) is 12.1 Å². The van der Waals surface area contributed by atoms with Gasteiger partial charge in [-0.3, -0.25) is 4.79 Å². The standard InChI is InChI=1S/C16H17NO5S/c1-16(2)14-13(15(19)22-16)11(8-12(18)17-14)9-4-6-10(7-5-9)23(3,20)21/h4-7,11H,8H2,1-3H3,(H,17,18). The monoisotopic (exact) mass is 335 g/mol. The summed E-state index contributed by atoms with van der Waals surface area (Å²) in [6, 6.07) is 6.26. The molecule has 2 heterocycles. The van der Waals surface area contributed by atoms with E-state index in [0.717, 1.165) is 11.8 Å². The van der Waals surface area contributed by atoms with Gasteiger partial charge >= 0.3 is 5.97 Å². The summed E-state index contributed by atoms with van der Waals surface area (Å²) in [6.45, 7) is 3.45. The van der Waals surface area contributed by atoms with Crippen LogP contribution in [-0.4, -0.2) is 32.2 Å². The van der Waals surface area contributed by atoms with Gasteiger partial charge in [0.15, 0.2) is 9.84 Å². The van der Waals surface area contributed by atoms with E-state index >= 15 is 0 Å². The maximum atomic E-state index is 12.2. The maximum absolute atomic E-state index is 12.2. The van der Waals surface area contributed by atoms with Crippen molar-refractivity contribution in [3.63, 3.8) is 0 Å². The minimum absolute atomic E-state index is 0.127. The highest BCUT2D eigenvalue weighted by atomic mass is 32.2. The summed E-state index contributed by atoms with van der Waals surface area (Å²) < 4.78 is 28.4. The second-order valence-electron chi connectivity index (χ2n) is 6.33. The third kappa shape index (κ3) is 2.65. The van der Waals surface area contributed by atoms with Gasteiger partial charge in [0.1, 0.15) is 5.60 Å². The number of esters is 1. The molecule has 1 aromatic carbocycles. The van der Waals surface area contributed by atoms with Crippen LogP contribution in [0.3, 0.4) is 0 Å². The fourth-order valence-electron chi connectivity index (χ4n) is 3.01. The predicted octanol–water partition coefficient (Wildman–Crippen LogP) is 1.28. The Bertz CT molecular complexity index is 834. The number of carbonyl (C=O) groups is 2. The number of amides is 1. The molecule has 0 aromatic heterocycles. The number of rotatable bonds is 2. The summed E-state index contributed by atoms with van der Waals surface area (Å²) >= 11 is 0. The van der Waals surface area contributed by atoms with Crippen LogP contribution in [0.1, 0.15) is 31.7 Å². The number of sulfone groups is 1. The topological polar surface area (TPSA) is 89.5 Å². The molecular weight excluding hydrogens is 318 g/mol. The van der Waals surface area contributed by atoms with Gasteiger partial charge in [-0.25, -0.2) is 13.2 Å². The lowest BCUT2D eigenvalue weighted by molar-refractivity contribution is -0.144. The average Bonchev–Trinajstić information content (AvgIpc) is 2.67. The highest BCUT2D eigenvalue weighted by Crippen LogP contribution is 2.42. The van der Waals surface area contributed by atoms with Crippen LogP contribution in [0, 0.1) is 0 Å². The first kappa shape index (κ1) is 15.7. The van der Waals surface area contributed by atoms with Crippen molar-refractivity contribution in [2.75, 3.05) is 6.26 Å². The van der Waals surface area contributed by atoms with Crippen LogP contribution >= 0.6 is 0 Å². The second kappa shape index (κ2) is 4.92. The van der Waals surface area contributed by atoms with Gasteiger partial charge in [-0.1, -0.05) is 12.1 Å². The highest BCUT2D eigenvalue weighted by molar-refractivity contribution is 7.90. The Kier molecular flexibility index (Phi) is 3.37. The molecule has 6 nitrogen and oxygen atoms in total. The van der Waals surface area contributed by atoms with Crippen LogP contribution in [-0.2, 0) is 24.2 Å². The van der Waals surface area contributed by atoms with Crippen molar-refractivity contribution < 1.29 is 22.7 Å². The third-order valence-electron chi connectivity index (χ3n) is 4.15. The third-order valence-corrected chi connectivity index (χ3v) is 5.28. The van der Waals surface area contributed by atoms with Gasteiger partial charge in [-0.15, -0.1) is 0 Å². The molecule has 7 heteroatoms. The molecule has 0 aliphatic carbocycles. The first-order chi connectivity index (χ1) is 10.6. The van der Waals surface area contributed by atoms with Crippen molar-refractivity contribution in [1.82, 2.24) is 5.32 Å². The Labute approximate surface area is 134 Å². The molecule has 1 atom stereocenters. The molecule has 122 valence electrons. The van der Waals surface area contributed by atoms with Crippen molar-refractivity contribution in [2.24, 2.45) is 0 Å². The number of nitrogens with one attached hydrogen (secondary N) is 1. The van der Waals surface area contributed by atoms with Gasteiger partial charge < -0.3 is 10.1 Å². The Hall–Kier alpha value is -2.15. The van der Waals surface area contributed by atoms with Gasteiger partial charge in [0, 0.05) is 18.6 Å². The fourth-order valence-corrected chi connectivity index (χ4v) is 3.64. The molecule has 3 rings (SSSR count). The van der Waals surface area contributed by atoms with Crippen LogP contribution < -0.4 is 5.32 Å². The maximum Gasteiger partial charge on any atom is 0.337 e. The van der Waals surface area contributed by atoms with E-state index in [1.807, 2.05) is 0 Å². The Balaban J connectivity index is 2.07. The van der Waals surface area contributed by atoms with E-state index < -0.39 is 27.3 Å². The molecule has 0 fully saturated rings. The summed E-state index contributed by atoms with van der Waals surface area (Å²) in [5.41, 5.74) is 0.792. The normalized spacial score (nSPS) is 23.3. The number of hydrogen-bond donors (Lipinski definition) is 1. The smallest absolute Gasteiger partial charge is 0.337 e. The lowest BCUT2D eigenvalue weighted by atomic mass is 9.83. The van der Waals surface area contributed by atoms with Crippen molar-refractivity contribution in [2.45, 2.75) is 36.7 Å². The molecule has 1 N–H and O–H groups in total. The summed E-state index contributed by atoms with van der Waals surface area (Å²) in [5.74, 6) is -1.06. The SMILES string of the molecule is CC1(C)OC(=O)C2=C1NC(=O)CC2c1ccc(S(C)(=O)=O)cc1. The van der Waals surface area contributed by atoms with Crippen molar-refractivity contribution in [3.05, 3.63) is 41.1 Å². The van der Waals surface area contributed by atoms with Gasteiger partial charge in [-0.2, -0.15) is 0 Å². The number of hydrogen-bond acceptors (Lipinski definition) is 5. The average molecular weight is 335 g/mol. The van der Waals surface area contributed by atoms with Crippen LogP contribution in [0.4, 0.5) is 0 Å². The lowest BCUT2D eigenvalue weighted by Crippen LogP contribution is -2.38. The van der Waals surface area contributed by atoms with E-state index in [4.69, 9.17) is 4.74 Å². The van der Waals surface area contributed by atoms with Gasteiger partial charge in [-0.05, 0) is 31.5 Å². The van der Waals surface area contributed by atoms with Crippen molar-refractivity contribution >= 4 is 21.7 Å². The van der Waals surface area contributed by atoms with Crippen LogP contribution in [0.2, 0.25) is 0 Å². The van der Waals surface area contributed by atoms with Crippen LogP contribution in [0.15, 0.2) is 40.4 Å². The minimum atomic E-state index is -3.29. The number of ether oxygens (including phenoxy) is 1. The quantitative estimate of drug-likeness (QED) is 0.823. The zero-order valence-corrected chi connectivity index (χ0v) is 13.9. The predicted molar refractivity (Wildman–Crippen MR) is 82.2 cm³/mol. The molecule has 0 radical (unpaired) electrons. The van der Waals surface area contributed by atoms with E-state index in [1.54, 1.807) is 26.0 Å². The van der Waals surface area contributed by atoms with Crippen LogP contribution in [0.25, 0.3) is 0 Å². The van der Waals surface area contributed by atoms with Crippen LogP contribution in [0.5, 0.6) is 0 Å². The van der Waals surface area contributed by atoms with E-state index in [-0.39, 0.29) is 17.2 Å². The van der Waals surface area contributed by atoms with Gasteiger partial charge in [0.05, 0.1) is 16.2 Å². The Morgan fingerprint density at radius 2 is 1.78 bits per heavy atom. The number of cyclic esters (lactones) is 1. The molecule has 0 bridgehead atoms. The molecule has 0 saturated heterocycles. The largest absolute Gasteiger partial charge is 0.450 e. The molecule has 0 spiro atoms. The molecule has 23 heavy (non-hydrogen) atoms. The van der Waals surface area contributed by atoms with E-state index in [9.17, 15) is 18.0 Å².